The van der Waals surface area contributed by atoms with Crippen LogP contribution >= 0.6 is 0 Å². The number of nitrogens with zero attached hydrogens (tertiary/aromatic N) is 5. The van der Waals surface area contributed by atoms with Gasteiger partial charge in [0, 0.05) is 42.8 Å². The topological polar surface area (TPSA) is 45.2 Å². The van der Waals surface area contributed by atoms with Gasteiger partial charge in [-0.05, 0) is 58.5 Å². The van der Waals surface area contributed by atoms with E-state index in [0.29, 0.717) is 6.04 Å². The molecule has 3 heterocycles. The summed E-state index contributed by atoms with van der Waals surface area (Å²) >= 11 is 0. The zero-order chi connectivity index (χ0) is 16.4. The Morgan fingerprint density at radius 3 is 2.74 bits per heavy atom. The van der Waals surface area contributed by atoms with Crippen molar-refractivity contribution in [1.82, 2.24) is 19.9 Å². The van der Waals surface area contributed by atoms with Crippen LogP contribution in [0.5, 0.6) is 0 Å². The SMILES string of the molecule is Cc1ccc(-c2ccnc(N(C)C[C@H]3CCCN3C)n2)c(C)n1. The number of likely N-dealkylation sites (N-methyl/N-ethyl adjacent to an activating group) is 2. The first-order valence-electron chi connectivity index (χ1n) is 8.23. The zero-order valence-electron chi connectivity index (χ0n) is 14.5. The number of anilines is 1. The fourth-order valence-corrected chi connectivity index (χ4v) is 3.25. The lowest BCUT2D eigenvalue weighted by Gasteiger charge is -2.26. The third kappa shape index (κ3) is 3.50. The molecule has 1 atom stereocenters. The van der Waals surface area contributed by atoms with E-state index in [2.05, 4.69) is 39.9 Å². The van der Waals surface area contributed by atoms with Crippen LogP contribution in [0.2, 0.25) is 0 Å². The van der Waals surface area contributed by atoms with E-state index in [9.17, 15) is 0 Å². The van der Waals surface area contributed by atoms with Gasteiger partial charge in [-0.2, -0.15) is 0 Å². The monoisotopic (exact) mass is 311 g/mol. The van der Waals surface area contributed by atoms with Crippen LogP contribution in [0.3, 0.4) is 0 Å². The van der Waals surface area contributed by atoms with E-state index in [1.54, 1.807) is 0 Å². The summed E-state index contributed by atoms with van der Waals surface area (Å²) in [6.45, 7) is 6.19. The molecule has 1 saturated heterocycles. The highest BCUT2D eigenvalue weighted by atomic mass is 15.3. The fraction of sp³-hybridized carbons (Fsp3) is 0.500. The van der Waals surface area contributed by atoms with Crippen LogP contribution in [0.15, 0.2) is 24.4 Å². The second kappa shape index (κ2) is 6.62. The molecule has 2 aromatic rings. The first kappa shape index (κ1) is 15.9. The summed E-state index contributed by atoms with van der Waals surface area (Å²) in [5, 5.41) is 0. The number of rotatable bonds is 4. The Morgan fingerprint density at radius 2 is 2.04 bits per heavy atom. The number of pyridine rings is 1. The van der Waals surface area contributed by atoms with Gasteiger partial charge < -0.3 is 9.80 Å². The molecule has 2 aromatic heterocycles. The molecule has 5 heteroatoms. The molecule has 122 valence electrons. The van der Waals surface area contributed by atoms with Crippen LogP contribution in [0.4, 0.5) is 5.95 Å². The van der Waals surface area contributed by atoms with Crippen molar-refractivity contribution in [2.24, 2.45) is 0 Å². The second-order valence-electron chi connectivity index (χ2n) is 6.48. The predicted octanol–water partition coefficient (Wildman–Crippen LogP) is 2.69. The van der Waals surface area contributed by atoms with Gasteiger partial charge in [-0.1, -0.05) is 0 Å². The van der Waals surface area contributed by atoms with Crippen LogP contribution in [-0.4, -0.2) is 53.1 Å². The van der Waals surface area contributed by atoms with Crippen molar-refractivity contribution in [2.75, 3.05) is 32.1 Å². The maximum Gasteiger partial charge on any atom is 0.225 e. The van der Waals surface area contributed by atoms with Crippen molar-refractivity contribution in [3.63, 3.8) is 0 Å². The molecular formula is C18H25N5. The number of likely N-dealkylation sites (tertiary alicyclic amines) is 1. The van der Waals surface area contributed by atoms with Gasteiger partial charge in [0.15, 0.2) is 0 Å². The van der Waals surface area contributed by atoms with Crippen molar-refractivity contribution in [3.05, 3.63) is 35.8 Å². The largest absolute Gasteiger partial charge is 0.342 e. The Labute approximate surface area is 138 Å². The van der Waals surface area contributed by atoms with E-state index < -0.39 is 0 Å². The highest BCUT2D eigenvalue weighted by Gasteiger charge is 2.23. The molecule has 0 bridgehead atoms. The van der Waals surface area contributed by atoms with Crippen molar-refractivity contribution in [2.45, 2.75) is 32.7 Å². The Hall–Kier alpha value is -2.01. The van der Waals surface area contributed by atoms with Crippen LogP contribution < -0.4 is 4.90 Å². The summed E-state index contributed by atoms with van der Waals surface area (Å²) < 4.78 is 0. The smallest absolute Gasteiger partial charge is 0.225 e. The minimum Gasteiger partial charge on any atom is -0.342 e. The molecule has 1 fully saturated rings. The van der Waals surface area contributed by atoms with E-state index in [4.69, 9.17) is 4.98 Å². The highest BCUT2D eigenvalue weighted by Crippen LogP contribution is 2.22. The van der Waals surface area contributed by atoms with E-state index >= 15 is 0 Å². The van der Waals surface area contributed by atoms with E-state index in [1.165, 1.54) is 19.4 Å². The molecule has 1 aliphatic rings. The Kier molecular flexibility index (Phi) is 4.57. The summed E-state index contributed by atoms with van der Waals surface area (Å²) in [5.74, 6) is 0.780. The molecule has 5 nitrogen and oxygen atoms in total. The third-order valence-corrected chi connectivity index (χ3v) is 4.64. The van der Waals surface area contributed by atoms with Gasteiger partial charge in [-0.15, -0.1) is 0 Å². The number of aryl methyl sites for hydroxylation is 2. The lowest BCUT2D eigenvalue weighted by molar-refractivity contribution is 0.313. The van der Waals surface area contributed by atoms with Gasteiger partial charge in [-0.3, -0.25) is 4.98 Å². The van der Waals surface area contributed by atoms with Gasteiger partial charge in [-0.25, -0.2) is 9.97 Å². The van der Waals surface area contributed by atoms with Gasteiger partial charge in [0.2, 0.25) is 5.95 Å². The maximum atomic E-state index is 4.76. The number of hydrogen-bond donors (Lipinski definition) is 0. The second-order valence-corrected chi connectivity index (χ2v) is 6.48. The fourth-order valence-electron chi connectivity index (χ4n) is 3.25. The van der Waals surface area contributed by atoms with Crippen LogP contribution in [0.25, 0.3) is 11.3 Å². The van der Waals surface area contributed by atoms with Crippen LogP contribution in [-0.2, 0) is 0 Å². The molecule has 0 amide bonds. The van der Waals surface area contributed by atoms with Gasteiger partial charge in [0.05, 0.1) is 5.69 Å². The lowest BCUT2D eigenvalue weighted by atomic mass is 10.1. The molecule has 0 aromatic carbocycles. The molecule has 3 rings (SSSR count). The maximum absolute atomic E-state index is 4.76. The predicted molar refractivity (Wildman–Crippen MR) is 93.7 cm³/mol. The molecule has 0 N–H and O–H groups in total. The summed E-state index contributed by atoms with van der Waals surface area (Å²) in [5.41, 5.74) is 4.05. The molecule has 1 aliphatic heterocycles. The first-order chi connectivity index (χ1) is 11.0. The van der Waals surface area contributed by atoms with Gasteiger partial charge in [0.25, 0.3) is 0 Å². The molecule has 0 aliphatic carbocycles. The van der Waals surface area contributed by atoms with Crippen LogP contribution in [0, 0.1) is 13.8 Å². The molecular weight excluding hydrogens is 286 g/mol. The van der Waals surface area contributed by atoms with Crippen molar-refractivity contribution in [3.8, 4) is 11.3 Å². The molecule has 23 heavy (non-hydrogen) atoms. The van der Waals surface area contributed by atoms with Crippen LogP contribution in [0.1, 0.15) is 24.2 Å². The molecule has 0 spiro atoms. The summed E-state index contributed by atoms with van der Waals surface area (Å²) in [4.78, 5) is 18.3. The van der Waals surface area contributed by atoms with E-state index in [-0.39, 0.29) is 0 Å². The first-order valence-corrected chi connectivity index (χ1v) is 8.23. The minimum atomic E-state index is 0.593. The molecule has 0 unspecified atom stereocenters. The van der Waals surface area contributed by atoms with Gasteiger partial charge in [0.1, 0.15) is 0 Å². The average Bonchev–Trinajstić information content (AvgIpc) is 2.92. The third-order valence-electron chi connectivity index (χ3n) is 4.64. The Morgan fingerprint density at radius 1 is 1.22 bits per heavy atom. The number of hydrogen-bond acceptors (Lipinski definition) is 5. The van der Waals surface area contributed by atoms with E-state index in [1.807, 2.05) is 32.2 Å². The quantitative estimate of drug-likeness (QED) is 0.868. The van der Waals surface area contributed by atoms with Crippen molar-refractivity contribution < 1.29 is 0 Å². The average molecular weight is 311 g/mol. The lowest BCUT2D eigenvalue weighted by Crippen LogP contribution is -2.37. The molecule has 0 radical (unpaired) electrons. The number of aromatic nitrogens is 3. The Balaban J connectivity index is 1.81. The summed E-state index contributed by atoms with van der Waals surface area (Å²) in [7, 11) is 4.27. The van der Waals surface area contributed by atoms with Gasteiger partial charge >= 0.3 is 0 Å². The standard InChI is InChI=1S/C18H25N5/c1-13-7-8-16(14(2)20-13)17-9-10-19-18(21-17)23(4)12-15-6-5-11-22(15)3/h7-10,15H,5-6,11-12H2,1-4H3/t15-/m1/s1. The van der Waals surface area contributed by atoms with Crippen molar-refractivity contribution in [1.29, 1.82) is 0 Å². The van der Waals surface area contributed by atoms with Crippen molar-refractivity contribution >= 4 is 5.95 Å². The Bertz CT molecular complexity index is 685. The minimum absolute atomic E-state index is 0.593. The summed E-state index contributed by atoms with van der Waals surface area (Å²) in [6, 6.07) is 6.67. The van der Waals surface area contributed by atoms with E-state index in [0.717, 1.165) is 35.1 Å². The normalized spacial score (nSPS) is 18.3. The zero-order valence-corrected chi connectivity index (χ0v) is 14.5. The highest BCUT2D eigenvalue weighted by molar-refractivity contribution is 5.62. The summed E-state index contributed by atoms with van der Waals surface area (Å²) in [6.07, 6.45) is 4.37. The molecule has 0 saturated carbocycles.